The van der Waals surface area contributed by atoms with Gasteiger partial charge >= 0.3 is 0 Å². The number of fused-ring (bicyclic) bond motifs is 4. The number of sulfonamides is 2. The van der Waals surface area contributed by atoms with Gasteiger partial charge in [-0.25, -0.2) is 37.1 Å². The molecule has 5 N–H and O–H groups in total. The Morgan fingerprint density at radius 2 is 1.37 bits per heavy atom. The average molecular weight is 727 g/mol. The van der Waals surface area contributed by atoms with Gasteiger partial charge in [0, 0.05) is 54.0 Å². The number of primary sulfonamides is 2. The molecule has 0 unspecified atom stereocenters. The Hall–Kier alpha value is -5.61. The maximum Gasteiger partial charge on any atom is 0.261 e. The van der Waals surface area contributed by atoms with E-state index in [0.29, 0.717) is 64.1 Å². The maximum absolute atomic E-state index is 13.3. The topological polar surface area (TPSA) is 199 Å². The molecule has 0 spiro atoms. The van der Waals surface area contributed by atoms with Crippen LogP contribution in [0.1, 0.15) is 22.8 Å². The highest BCUT2D eigenvalue weighted by Gasteiger charge is 2.30. The molecule has 7 rings (SSSR count). The predicted molar refractivity (Wildman–Crippen MR) is 195 cm³/mol. The summed E-state index contributed by atoms with van der Waals surface area (Å²) in [6.45, 7) is 2.91. The van der Waals surface area contributed by atoms with Crippen molar-refractivity contribution in [2.45, 2.75) is 23.1 Å². The van der Waals surface area contributed by atoms with E-state index in [1.54, 1.807) is 78.9 Å². The van der Waals surface area contributed by atoms with E-state index < -0.39 is 20.0 Å². The summed E-state index contributed by atoms with van der Waals surface area (Å²) in [6, 6.07) is 24.9. The molecule has 1 aliphatic heterocycles. The molecule has 0 aliphatic carbocycles. The fourth-order valence-corrected chi connectivity index (χ4v) is 7.48. The van der Waals surface area contributed by atoms with Gasteiger partial charge in [-0.2, -0.15) is 0 Å². The van der Waals surface area contributed by atoms with Crippen LogP contribution in [0.4, 0.5) is 17.3 Å². The zero-order chi connectivity index (χ0) is 36.5. The number of aromatic nitrogens is 2. The van der Waals surface area contributed by atoms with Crippen LogP contribution < -0.4 is 24.8 Å². The highest BCUT2D eigenvalue weighted by Crippen LogP contribution is 2.37. The van der Waals surface area contributed by atoms with Crippen molar-refractivity contribution in [1.82, 2.24) is 9.97 Å². The van der Waals surface area contributed by atoms with Crippen LogP contribution in [0.5, 0.6) is 11.5 Å². The summed E-state index contributed by atoms with van der Waals surface area (Å²) in [5.74, 6) is 1.69. The zero-order valence-electron chi connectivity index (χ0n) is 27.6. The number of phenolic OH excluding ortho intramolecular Hbond substituents is 1. The first kappa shape index (κ1) is 35.2. The average Bonchev–Trinajstić information content (AvgIpc) is 3.19. The summed E-state index contributed by atoms with van der Waals surface area (Å²) in [4.78, 5) is 26.0. The molecule has 0 saturated heterocycles. The Bertz CT molecular complexity index is 2530. The third-order valence-corrected chi connectivity index (χ3v) is 10.3. The Balaban J connectivity index is 0.000000249. The van der Waals surface area contributed by atoms with Crippen LogP contribution in [0.15, 0.2) is 113 Å². The minimum Gasteiger partial charge on any atom is -0.507 e. The fraction of sp³-hybridized carbons (Fsp3) is 0.139. The SMILES string of the molecule is CCN1c2ncc(CCOc3cccc4c(S(N)(=O)=O)cccc34)cc2C(=O)N(C)c2cccnc21.NS(=O)(=O)c1cccc2c(O)cccc12. The van der Waals surface area contributed by atoms with Crippen molar-refractivity contribution >= 4 is 64.8 Å². The zero-order valence-corrected chi connectivity index (χ0v) is 29.2. The number of aromatic hydroxyl groups is 1. The van der Waals surface area contributed by atoms with Gasteiger partial charge < -0.3 is 19.6 Å². The second kappa shape index (κ2) is 14.0. The van der Waals surface area contributed by atoms with Crippen LogP contribution in [0.3, 0.4) is 0 Å². The smallest absolute Gasteiger partial charge is 0.261 e. The first-order chi connectivity index (χ1) is 24.3. The number of nitrogens with two attached hydrogens (primary N) is 2. The lowest BCUT2D eigenvalue weighted by Crippen LogP contribution is -2.25. The molecule has 0 atom stereocenters. The summed E-state index contributed by atoms with van der Waals surface area (Å²) in [6.07, 6.45) is 3.95. The Kier molecular flexibility index (Phi) is 9.64. The van der Waals surface area contributed by atoms with Crippen LogP contribution >= 0.6 is 0 Å². The lowest BCUT2D eigenvalue weighted by Gasteiger charge is -2.22. The number of pyridine rings is 2. The third kappa shape index (κ3) is 7.05. The number of amides is 1. The summed E-state index contributed by atoms with van der Waals surface area (Å²) < 4.78 is 52.4. The van der Waals surface area contributed by atoms with Crippen LogP contribution in [-0.4, -0.2) is 58.0 Å². The normalized spacial score (nSPS) is 12.9. The van der Waals surface area contributed by atoms with Crippen LogP contribution in [0.2, 0.25) is 0 Å². The number of rotatable bonds is 7. The van der Waals surface area contributed by atoms with Gasteiger partial charge in [-0.05, 0) is 55.0 Å². The molecule has 4 aromatic carbocycles. The fourth-order valence-electron chi connectivity index (χ4n) is 5.98. The highest BCUT2D eigenvalue weighted by molar-refractivity contribution is 7.89. The van der Waals surface area contributed by atoms with E-state index in [9.17, 15) is 26.7 Å². The van der Waals surface area contributed by atoms with Crippen molar-refractivity contribution in [2.24, 2.45) is 10.3 Å². The van der Waals surface area contributed by atoms with Crippen molar-refractivity contribution in [3.05, 3.63) is 115 Å². The molecule has 3 heterocycles. The molecule has 1 aliphatic rings. The molecular weight excluding hydrogens is 693 g/mol. The summed E-state index contributed by atoms with van der Waals surface area (Å²) >= 11 is 0. The van der Waals surface area contributed by atoms with Gasteiger partial charge in [0.2, 0.25) is 20.0 Å². The van der Waals surface area contributed by atoms with Gasteiger partial charge in [-0.15, -0.1) is 0 Å². The van der Waals surface area contributed by atoms with Crippen LogP contribution in [-0.2, 0) is 26.5 Å². The quantitative estimate of drug-likeness (QED) is 0.205. The molecule has 6 aromatic rings. The number of nitrogens with zero attached hydrogens (tertiary/aromatic N) is 4. The second-order valence-corrected chi connectivity index (χ2v) is 14.7. The number of hydrogen-bond donors (Lipinski definition) is 3. The van der Waals surface area contributed by atoms with Crippen molar-refractivity contribution in [2.75, 3.05) is 30.0 Å². The minimum absolute atomic E-state index is 0.0240. The van der Waals surface area contributed by atoms with Crippen LogP contribution in [0, 0.1) is 0 Å². The minimum atomic E-state index is -3.87. The third-order valence-electron chi connectivity index (χ3n) is 8.38. The summed E-state index contributed by atoms with van der Waals surface area (Å²) in [7, 11) is -5.89. The number of carbonyl (C=O) groups excluding carboxylic acids is 1. The monoisotopic (exact) mass is 726 g/mol. The molecule has 0 fully saturated rings. The van der Waals surface area contributed by atoms with Crippen molar-refractivity contribution in [3.63, 3.8) is 0 Å². The van der Waals surface area contributed by atoms with E-state index in [2.05, 4.69) is 9.97 Å². The number of carbonyl (C=O) groups is 1. The molecule has 0 bridgehead atoms. The lowest BCUT2D eigenvalue weighted by molar-refractivity contribution is 0.0994. The van der Waals surface area contributed by atoms with Crippen molar-refractivity contribution in [3.8, 4) is 11.5 Å². The number of ether oxygens (including phenoxy) is 1. The molecule has 0 saturated carbocycles. The number of phenols is 1. The maximum atomic E-state index is 13.3. The molecule has 13 nitrogen and oxygen atoms in total. The molecular formula is C36H34N6O7S2. The Labute approximate surface area is 294 Å². The first-order valence-electron chi connectivity index (χ1n) is 15.7. The largest absolute Gasteiger partial charge is 0.507 e. The van der Waals surface area contributed by atoms with Crippen molar-refractivity contribution in [1.29, 1.82) is 0 Å². The van der Waals surface area contributed by atoms with E-state index in [0.717, 1.165) is 11.3 Å². The first-order valence-corrected chi connectivity index (χ1v) is 18.8. The molecule has 2 aromatic heterocycles. The molecule has 15 heteroatoms. The Morgan fingerprint density at radius 3 is 2.04 bits per heavy atom. The van der Waals surface area contributed by atoms with Gasteiger partial charge in [-0.1, -0.05) is 48.5 Å². The number of benzene rings is 4. The van der Waals surface area contributed by atoms with E-state index in [4.69, 9.17) is 15.0 Å². The predicted octanol–water partition coefficient (Wildman–Crippen LogP) is 4.84. The summed E-state index contributed by atoms with van der Waals surface area (Å²) in [5.41, 5.74) is 2.07. The van der Waals surface area contributed by atoms with Gasteiger partial charge in [0.15, 0.2) is 5.82 Å². The van der Waals surface area contributed by atoms with Gasteiger partial charge in [0.25, 0.3) is 5.91 Å². The molecule has 51 heavy (non-hydrogen) atoms. The summed E-state index contributed by atoms with van der Waals surface area (Å²) in [5, 5.41) is 22.0. The number of anilines is 3. The van der Waals surface area contributed by atoms with Gasteiger partial charge in [-0.3, -0.25) is 4.79 Å². The molecule has 0 radical (unpaired) electrons. The van der Waals surface area contributed by atoms with E-state index in [-0.39, 0.29) is 21.4 Å². The Morgan fingerprint density at radius 1 is 0.765 bits per heavy atom. The number of hydrogen-bond acceptors (Lipinski definition) is 10. The van der Waals surface area contributed by atoms with E-state index >= 15 is 0 Å². The molecule has 1 amide bonds. The van der Waals surface area contributed by atoms with E-state index in [1.165, 1.54) is 18.2 Å². The van der Waals surface area contributed by atoms with Gasteiger partial charge in [0.1, 0.15) is 17.3 Å². The standard InChI is InChI=1S/C26H25N5O4S.C10H9NO3S/c1-3-31-24-20(26(32)30(2)21-9-6-13-28-25(21)31)15-17(16-29-24)12-14-35-22-10-4-8-19-18(22)7-5-11-23(19)36(27,33)34;11-15(13,14)10-6-2-3-7-8(10)4-1-5-9(7)12/h4-11,13,15-16H,3,12,14H2,1-2H3,(H2,27,33,34);1-6,12H,(H2,11,13,14). The lowest BCUT2D eigenvalue weighted by atomic mass is 10.1. The highest BCUT2D eigenvalue weighted by atomic mass is 32.2. The van der Waals surface area contributed by atoms with Crippen molar-refractivity contribution < 1.29 is 31.5 Å². The second-order valence-electron chi connectivity index (χ2n) is 11.6. The molecule has 262 valence electrons. The van der Waals surface area contributed by atoms with Gasteiger partial charge in [0.05, 0.1) is 27.6 Å². The van der Waals surface area contributed by atoms with E-state index in [1.807, 2.05) is 30.0 Å². The van der Waals surface area contributed by atoms with Crippen LogP contribution in [0.25, 0.3) is 21.5 Å².